The molecule has 0 atom stereocenters. The number of rotatable bonds is 3. The molecule has 0 bridgehead atoms. The van der Waals surface area contributed by atoms with Gasteiger partial charge in [0, 0.05) is 10.6 Å². The van der Waals surface area contributed by atoms with Crippen molar-refractivity contribution in [1.82, 2.24) is 14.8 Å². The lowest BCUT2D eigenvalue weighted by Crippen LogP contribution is -1.96. The van der Waals surface area contributed by atoms with Gasteiger partial charge in [-0.3, -0.25) is 9.67 Å². The van der Waals surface area contributed by atoms with E-state index in [2.05, 4.69) is 10.2 Å². The zero-order valence-corrected chi connectivity index (χ0v) is 15.1. The maximum atomic E-state index is 6.25. The molecular weight excluding hydrogens is 377 g/mol. The van der Waals surface area contributed by atoms with Gasteiger partial charge in [-0.25, -0.2) is 0 Å². The van der Waals surface area contributed by atoms with Crippen molar-refractivity contribution >= 4 is 35.4 Å². The molecule has 0 saturated carbocycles. The topological polar surface area (TPSA) is 46.8 Å². The van der Waals surface area contributed by atoms with E-state index in [1.807, 2.05) is 47.0 Å². The predicted molar refractivity (Wildman–Crippen MR) is 102 cm³/mol. The number of nitrogens with zero attached hydrogens (tertiary/aromatic N) is 2. The number of hydrogen-bond donors (Lipinski definition) is 1. The van der Waals surface area contributed by atoms with E-state index < -0.39 is 0 Å². The van der Waals surface area contributed by atoms with Gasteiger partial charge in [0.1, 0.15) is 5.76 Å². The van der Waals surface area contributed by atoms with Crippen molar-refractivity contribution < 1.29 is 4.42 Å². The van der Waals surface area contributed by atoms with Crippen LogP contribution in [0.4, 0.5) is 0 Å². The lowest BCUT2D eigenvalue weighted by Gasteiger charge is -2.05. The first-order valence-electron chi connectivity index (χ1n) is 7.42. The average molecular weight is 388 g/mol. The lowest BCUT2D eigenvalue weighted by atomic mass is 10.2. The van der Waals surface area contributed by atoms with Crippen molar-refractivity contribution in [3.8, 4) is 28.6 Å². The molecule has 7 heteroatoms. The summed E-state index contributed by atoms with van der Waals surface area (Å²) in [4.78, 5) is 0. The second-order valence-electron chi connectivity index (χ2n) is 5.31. The van der Waals surface area contributed by atoms with Crippen LogP contribution in [-0.4, -0.2) is 14.8 Å². The smallest absolute Gasteiger partial charge is 0.202 e. The Morgan fingerprint density at radius 3 is 2.52 bits per heavy atom. The minimum absolute atomic E-state index is 0.486. The van der Waals surface area contributed by atoms with Gasteiger partial charge >= 0.3 is 0 Å². The molecule has 2 aromatic heterocycles. The zero-order valence-electron chi connectivity index (χ0n) is 12.7. The molecule has 0 spiro atoms. The highest BCUT2D eigenvalue weighted by atomic mass is 35.5. The highest BCUT2D eigenvalue weighted by molar-refractivity contribution is 7.71. The molecule has 0 fully saturated rings. The summed E-state index contributed by atoms with van der Waals surface area (Å²) in [6.45, 7) is 0. The third kappa shape index (κ3) is 3.02. The number of halogens is 2. The maximum Gasteiger partial charge on any atom is 0.202 e. The van der Waals surface area contributed by atoms with E-state index in [4.69, 9.17) is 39.8 Å². The quantitative estimate of drug-likeness (QED) is 0.428. The molecule has 2 heterocycles. The molecular formula is C18H11Cl2N3OS. The summed E-state index contributed by atoms with van der Waals surface area (Å²) < 4.78 is 8.28. The molecule has 124 valence electrons. The SMILES string of the molecule is S=c1[nH]nc(-c2ccc(-c3cc(Cl)ccc3Cl)o2)n1-c1ccccc1. The Morgan fingerprint density at radius 2 is 1.72 bits per heavy atom. The number of aromatic nitrogens is 3. The first-order chi connectivity index (χ1) is 12.1. The summed E-state index contributed by atoms with van der Waals surface area (Å²) >= 11 is 17.7. The largest absolute Gasteiger partial charge is 0.453 e. The molecule has 0 aliphatic carbocycles. The van der Waals surface area contributed by atoms with E-state index in [1.165, 1.54) is 0 Å². The van der Waals surface area contributed by atoms with Crippen LogP contribution in [0.25, 0.3) is 28.6 Å². The van der Waals surface area contributed by atoms with Crippen molar-refractivity contribution in [2.45, 2.75) is 0 Å². The van der Waals surface area contributed by atoms with E-state index in [9.17, 15) is 0 Å². The number of furan rings is 1. The van der Waals surface area contributed by atoms with Gasteiger partial charge in [0.15, 0.2) is 10.5 Å². The number of hydrogen-bond acceptors (Lipinski definition) is 3. The Hall–Kier alpha value is -2.34. The minimum Gasteiger partial charge on any atom is -0.453 e. The molecule has 1 N–H and O–H groups in total. The summed E-state index contributed by atoms with van der Waals surface area (Å²) in [5.41, 5.74) is 1.62. The standard InChI is InChI=1S/C18H11Cl2N3OS/c19-11-6-7-14(20)13(10-11)15-8-9-16(24-15)17-21-22-18(25)23(17)12-4-2-1-3-5-12/h1-10H,(H,22,25). The fourth-order valence-electron chi connectivity index (χ4n) is 2.57. The van der Waals surface area contributed by atoms with E-state index in [0.29, 0.717) is 32.2 Å². The monoisotopic (exact) mass is 387 g/mol. The van der Waals surface area contributed by atoms with Crippen LogP contribution < -0.4 is 0 Å². The van der Waals surface area contributed by atoms with Gasteiger partial charge in [-0.15, -0.1) is 0 Å². The normalized spacial score (nSPS) is 11.0. The van der Waals surface area contributed by atoms with Crippen LogP contribution >= 0.6 is 35.4 Å². The predicted octanol–water partition coefficient (Wildman–Crippen LogP) is 6.16. The molecule has 2 aromatic carbocycles. The van der Waals surface area contributed by atoms with Crippen LogP contribution in [0.3, 0.4) is 0 Å². The molecule has 0 saturated heterocycles. The van der Waals surface area contributed by atoms with Crippen molar-refractivity contribution in [3.63, 3.8) is 0 Å². The number of benzene rings is 2. The molecule has 0 unspecified atom stereocenters. The third-order valence-corrected chi connectivity index (χ3v) is 4.55. The number of nitrogens with one attached hydrogen (secondary N) is 1. The van der Waals surface area contributed by atoms with Gasteiger partial charge < -0.3 is 4.42 Å². The number of aromatic amines is 1. The van der Waals surface area contributed by atoms with Gasteiger partial charge in [-0.2, -0.15) is 5.10 Å². The summed E-state index contributed by atoms with van der Waals surface area (Å²) in [6, 6.07) is 18.6. The van der Waals surface area contributed by atoms with Crippen molar-refractivity contribution in [2.24, 2.45) is 0 Å². The van der Waals surface area contributed by atoms with Crippen LogP contribution in [0.15, 0.2) is 65.1 Å². The Balaban J connectivity index is 1.82. The fourth-order valence-corrected chi connectivity index (χ4v) is 3.19. The Morgan fingerprint density at radius 1 is 0.960 bits per heavy atom. The first kappa shape index (κ1) is 16.1. The average Bonchev–Trinajstić information content (AvgIpc) is 3.24. The summed E-state index contributed by atoms with van der Waals surface area (Å²) in [7, 11) is 0. The minimum atomic E-state index is 0.486. The van der Waals surface area contributed by atoms with Crippen LogP contribution in [0, 0.1) is 4.77 Å². The molecule has 0 aliphatic heterocycles. The maximum absolute atomic E-state index is 6.25. The highest BCUT2D eigenvalue weighted by Gasteiger charge is 2.16. The van der Waals surface area contributed by atoms with E-state index >= 15 is 0 Å². The lowest BCUT2D eigenvalue weighted by molar-refractivity contribution is 0.590. The van der Waals surface area contributed by atoms with Crippen LogP contribution in [-0.2, 0) is 0 Å². The molecule has 25 heavy (non-hydrogen) atoms. The second-order valence-corrected chi connectivity index (χ2v) is 6.54. The van der Waals surface area contributed by atoms with Crippen LogP contribution in [0.1, 0.15) is 0 Å². The number of para-hydroxylation sites is 1. The van der Waals surface area contributed by atoms with E-state index in [0.717, 1.165) is 11.3 Å². The zero-order chi connectivity index (χ0) is 17.4. The van der Waals surface area contributed by atoms with Crippen LogP contribution in [0.5, 0.6) is 0 Å². The van der Waals surface area contributed by atoms with Gasteiger partial charge in [-0.1, -0.05) is 41.4 Å². The Kier molecular flexibility index (Phi) is 4.21. The van der Waals surface area contributed by atoms with E-state index in [-0.39, 0.29) is 0 Å². The fraction of sp³-hybridized carbons (Fsp3) is 0. The van der Waals surface area contributed by atoms with Gasteiger partial charge in [0.25, 0.3) is 0 Å². The summed E-state index contributed by atoms with van der Waals surface area (Å²) in [5.74, 6) is 1.76. The van der Waals surface area contributed by atoms with Gasteiger partial charge in [-0.05, 0) is 54.7 Å². The molecule has 0 radical (unpaired) electrons. The molecule has 4 aromatic rings. The molecule has 4 rings (SSSR count). The molecule has 0 amide bonds. The summed E-state index contributed by atoms with van der Waals surface area (Å²) in [6.07, 6.45) is 0. The number of H-pyrrole nitrogens is 1. The van der Waals surface area contributed by atoms with Crippen molar-refractivity contribution in [1.29, 1.82) is 0 Å². The third-order valence-electron chi connectivity index (χ3n) is 3.71. The van der Waals surface area contributed by atoms with Crippen molar-refractivity contribution in [2.75, 3.05) is 0 Å². The molecule has 0 aliphatic rings. The van der Waals surface area contributed by atoms with Gasteiger partial charge in [0.05, 0.1) is 10.7 Å². The van der Waals surface area contributed by atoms with E-state index in [1.54, 1.807) is 18.2 Å². The van der Waals surface area contributed by atoms with Crippen LogP contribution in [0.2, 0.25) is 10.0 Å². The van der Waals surface area contributed by atoms with Crippen molar-refractivity contribution in [3.05, 3.63) is 75.5 Å². The first-order valence-corrected chi connectivity index (χ1v) is 8.58. The second kappa shape index (κ2) is 6.52. The molecule has 4 nitrogen and oxygen atoms in total. The summed E-state index contributed by atoms with van der Waals surface area (Å²) in [5, 5.41) is 8.26. The Bertz CT molecular complexity index is 1100. The van der Waals surface area contributed by atoms with Gasteiger partial charge in [0.2, 0.25) is 5.82 Å². The highest BCUT2D eigenvalue weighted by Crippen LogP contribution is 2.34. The Labute approximate surface area is 158 Å².